The molecule has 2 aromatic carbocycles. The predicted molar refractivity (Wildman–Crippen MR) is 115 cm³/mol. The monoisotopic (exact) mass is 414 g/mol. The minimum Gasteiger partial charge on any atom is -0.316 e. The number of carbonyl (C=O) groups excluding carboxylic acids is 1. The summed E-state index contributed by atoms with van der Waals surface area (Å²) >= 11 is 1.40. The molecule has 0 radical (unpaired) electrons. The molecule has 0 aliphatic carbocycles. The third-order valence-corrected chi connectivity index (χ3v) is 8.22. The zero-order chi connectivity index (χ0) is 20.1. The van der Waals surface area contributed by atoms with E-state index in [1.165, 1.54) is 11.8 Å². The zero-order valence-corrected chi connectivity index (χ0v) is 17.7. The Hall–Kier alpha value is -2.12. The number of fused-ring (bicyclic) bond motifs is 1. The standard InChI is InChI=1S/C21H22N2O3S2/c1-13-5-4-6-16(8-13)20(24)22-21-23(17-9-14(2)7-15(3)10-17)18-11-28(25,26)12-19(18)27-21/h4-10,18-19H,11-12H2,1-3H3/t18-,19-/m1/s1. The molecular weight excluding hydrogens is 392 g/mol. The first kappa shape index (κ1) is 19.2. The topological polar surface area (TPSA) is 66.8 Å². The molecule has 0 N–H and O–H groups in total. The Balaban J connectivity index is 1.76. The third kappa shape index (κ3) is 3.73. The molecule has 2 aliphatic heterocycles. The number of hydrogen-bond acceptors (Lipinski definition) is 4. The van der Waals surface area contributed by atoms with Gasteiger partial charge < -0.3 is 4.90 Å². The van der Waals surface area contributed by atoms with E-state index in [9.17, 15) is 13.2 Å². The summed E-state index contributed by atoms with van der Waals surface area (Å²) in [6.45, 7) is 5.96. The van der Waals surface area contributed by atoms with Gasteiger partial charge in [0.25, 0.3) is 5.91 Å². The highest BCUT2D eigenvalue weighted by Gasteiger charge is 2.49. The number of rotatable bonds is 2. The normalized spacial score (nSPS) is 24.5. The van der Waals surface area contributed by atoms with Crippen LogP contribution in [0, 0.1) is 20.8 Å². The molecule has 28 heavy (non-hydrogen) atoms. The number of benzene rings is 2. The van der Waals surface area contributed by atoms with E-state index in [1.807, 2.05) is 56.0 Å². The summed E-state index contributed by atoms with van der Waals surface area (Å²) in [7, 11) is -3.08. The molecule has 0 saturated carbocycles. The maximum absolute atomic E-state index is 12.8. The van der Waals surface area contributed by atoms with Gasteiger partial charge in [-0.3, -0.25) is 4.79 Å². The SMILES string of the molecule is Cc1cccc(C(=O)N=C2S[C@@H]3CS(=O)(=O)C[C@H]3N2c2cc(C)cc(C)c2)c1. The van der Waals surface area contributed by atoms with E-state index in [0.717, 1.165) is 22.4 Å². The number of aryl methyl sites for hydroxylation is 3. The van der Waals surface area contributed by atoms with Crippen molar-refractivity contribution in [3.05, 3.63) is 64.7 Å². The number of amidine groups is 1. The minimum atomic E-state index is -3.08. The molecule has 0 bridgehead atoms. The van der Waals surface area contributed by atoms with Gasteiger partial charge in [-0.15, -0.1) is 0 Å². The van der Waals surface area contributed by atoms with E-state index in [-0.39, 0.29) is 28.7 Å². The van der Waals surface area contributed by atoms with Crippen LogP contribution in [0.4, 0.5) is 5.69 Å². The number of thioether (sulfide) groups is 1. The Bertz CT molecular complexity index is 1070. The van der Waals surface area contributed by atoms with Crippen molar-refractivity contribution in [2.75, 3.05) is 16.4 Å². The summed E-state index contributed by atoms with van der Waals surface area (Å²) in [5.74, 6) is -0.0836. The van der Waals surface area contributed by atoms with E-state index in [0.29, 0.717) is 10.7 Å². The fourth-order valence-electron chi connectivity index (χ4n) is 3.89. The maximum Gasteiger partial charge on any atom is 0.279 e. The van der Waals surface area contributed by atoms with E-state index in [2.05, 4.69) is 11.1 Å². The summed E-state index contributed by atoms with van der Waals surface area (Å²) in [6.07, 6.45) is 0. The molecule has 2 fully saturated rings. The van der Waals surface area contributed by atoms with Gasteiger partial charge in [0.05, 0.1) is 17.5 Å². The van der Waals surface area contributed by atoms with Crippen LogP contribution in [0.3, 0.4) is 0 Å². The van der Waals surface area contributed by atoms with Crippen LogP contribution in [0.1, 0.15) is 27.0 Å². The lowest BCUT2D eigenvalue weighted by Gasteiger charge is -2.25. The molecule has 5 nitrogen and oxygen atoms in total. The molecule has 146 valence electrons. The average molecular weight is 415 g/mol. The molecule has 4 rings (SSSR count). The van der Waals surface area contributed by atoms with Gasteiger partial charge in [-0.25, -0.2) is 8.42 Å². The lowest BCUT2D eigenvalue weighted by Crippen LogP contribution is -2.37. The third-order valence-electron chi connectivity index (χ3n) is 5.01. The molecule has 7 heteroatoms. The first-order chi connectivity index (χ1) is 13.2. The van der Waals surface area contributed by atoms with Crippen molar-refractivity contribution < 1.29 is 13.2 Å². The van der Waals surface area contributed by atoms with Crippen LogP contribution < -0.4 is 4.90 Å². The summed E-state index contributed by atoms with van der Waals surface area (Å²) in [4.78, 5) is 19.1. The molecule has 2 atom stereocenters. The van der Waals surface area contributed by atoms with Crippen molar-refractivity contribution in [2.45, 2.75) is 32.1 Å². The van der Waals surface area contributed by atoms with Gasteiger partial charge >= 0.3 is 0 Å². The van der Waals surface area contributed by atoms with Gasteiger partial charge in [-0.1, -0.05) is 35.5 Å². The Labute approximate surface area is 169 Å². The van der Waals surface area contributed by atoms with E-state index < -0.39 is 9.84 Å². The second-order valence-corrected chi connectivity index (χ2v) is 10.9. The van der Waals surface area contributed by atoms with Crippen molar-refractivity contribution in [3.8, 4) is 0 Å². The number of aliphatic imine (C=N–C) groups is 1. The number of nitrogens with zero attached hydrogens (tertiary/aromatic N) is 2. The molecule has 0 unspecified atom stereocenters. The molecule has 2 aliphatic rings. The van der Waals surface area contributed by atoms with Crippen molar-refractivity contribution in [1.29, 1.82) is 0 Å². The van der Waals surface area contributed by atoms with E-state index in [1.54, 1.807) is 6.07 Å². The van der Waals surface area contributed by atoms with Crippen LogP contribution in [-0.4, -0.2) is 42.3 Å². The Morgan fingerprint density at radius 1 is 1.04 bits per heavy atom. The first-order valence-corrected chi connectivity index (χ1v) is 11.9. The molecule has 2 aromatic rings. The molecule has 0 spiro atoms. The highest BCUT2D eigenvalue weighted by atomic mass is 32.2. The summed E-state index contributed by atoms with van der Waals surface area (Å²) in [6, 6.07) is 13.3. The maximum atomic E-state index is 12.8. The second kappa shape index (κ2) is 7.04. The van der Waals surface area contributed by atoms with E-state index in [4.69, 9.17) is 0 Å². The molecule has 1 amide bonds. The van der Waals surface area contributed by atoms with Gasteiger partial charge in [0, 0.05) is 16.5 Å². The first-order valence-electron chi connectivity index (χ1n) is 9.16. The van der Waals surface area contributed by atoms with Crippen LogP contribution >= 0.6 is 11.8 Å². The molecule has 0 aromatic heterocycles. The van der Waals surface area contributed by atoms with Gasteiger partial charge in [-0.05, 0) is 56.2 Å². The Morgan fingerprint density at radius 2 is 1.75 bits per heavy atom. The highest BCUT2D eigenvalue weighted by molar-refractivity contribution is 8.16. The number of carbonyl (C=O) groups is 1. The summed E-state index contributed by atoms with van der Waals surface area (Å²) in [5, 5.41) is 0.483. The number of hydrogen-bond donors (Lipinski definition) is 0. The molecular formula is C21H22N2O3S2. The van der Waals surface area contributed by atoms with Crippen molar-refractivity contribution in [2.24, 2.45) is 4.99 Å². The number of sulfone groups is 1. The molecule has 2 saturated heterocycles. The van der Waals surface area contributed by atoms with Crippen LogP contribution in [0.5, 0.6) is 0 Å². The smallest absolute Gasteiger partial charge is 0.279 e. The van der Waals surface area contributed by atoms with Gasteiger partial charge in [0.15, 0.2) is 15.0 Å². The van der Waals surface area contributed by atoms with Crippen LogP contribution in [0.15, 0.2) is 47.5 Å². The van der Waals surface area contributed by atoms with Crippen LogP contribution in [-0.2, 0) is 9.84 Å². The van der Waals surface area contributed by atoms with Gasteiger partial charge in [-0.2, -0.15) is 4.99 Å². The van der Waals surface area contributed by atoms with Gasteiger partial charge in [0.1, 0.15) is 0 Å². The fraction of sp³-hybridized carbons (Fsp3) is 0.333. The lowest BCUT2D eigenvalue weighted by atomic mass is 10.1. The summed E-state index contributed by atoms with van der Waals surface area (Å²) < 4.78 is 24.4. The lowest BCUT2D eigenvalue weighted by molar-refractivity contribution is 0.100. The second-order valence-electron chi connectivity index (χ2n) is 7.59. The largest absolute Gasteiger partial charge is 0.316 e. The minimum absolute atomic E-state index is 0.0926. The number of anilines is 1. The summed E-state index contributed by atoms with van der Waals surface area (Å²) in [5.41, 5.74) is 4.62. The van der Waals surface area contributed by atoms with Crippen molar-refractivity contribution in [1.82, 2.24) is 0 Å². The van der Waals surface area contributed by atoms with E-state index >= 15 is 0 Å². The van der Waals surface area contributed by atoms with Crippen molar-refractivity contribution in [3.63, 3.8) is 0 Å². The average Bonchev–Trinajstić information content (AvgIpc) is 3.04. The fourth-order valence-corrected chi connectivity index (χ4v) is 7.80. The van der Waals surface area contributed by atoms with Crippen molar-refractivity contribution >= 4 is 38.4 Å². The molecule has 2 heterocycles. The Morgan fingerprint density at radius 3 is 2.43 bits per heavy atom. The van der Waals surface area contributed by atoms with Gasteiger partial charge in [0.2, 0.25) is 0 Å². The highest BCUT2D eigenvalue weighted by Crippen LogP contribution is 2.41. The number of amides is 1. The predicted octanol–water partition coefficient (Wildman–Crippen LogP) is 3.53. The quantitative estimate of drug-likeness (QED) is 0.752. The van der Waals surface area contributed by atoms with Crippen LogP contribution in [0.2, 0.25) is 0 Å². The van der Waals surface area contributed by atoms with Crippen LogP contribution in [0.25, 0.3) is 0 Å². The Kier molecular flexibility index (Phi) is 4.83. The zero-order valence-electron chi connectivity index (χ0n) is 16.0.